The predicted molar refractivity (Wildman–Crippen MR) is 80.2 cm³/mol. The van der Waals surface area contributed by atoms with E-state index in [0.29, 0.717) is 0 Å². The maximum atomic E-state index is 12.6. The molecule has 0 saturated heterocycles. The van der Waals surface area contributed by atoms with Crippen LogP contribution in [0.1, 0.15) is 0 Å². The molecule has 1 heterocycles. The van der Waals surface area contributed by atoms with Crippen LogP contribution in [0, 0.1) is 0 Å². The topological polar surface area (TPSA) is 34.9 Å². The van der Waals surface area contributed by atoms with Gasteiger partial charge in [-0.15, -0.1) is 0 Å². The summed E-state index contributed by atoms with van der Waals surface area (Å²) < 4.78 is 14.4. The standard InChI is InChI=1S/C15H15N2OP/c1-19(2,18)15-13-10-6-7-11-14(13)16-17(15)12-8-4-3-5-9-12/h3-11H,1-2H3. The van der Waals surface area contributed by atoms with Gasteiger partial charge < -0.3 is 4.57 Å². The lowest BCUT2D eigenvalue weighted by atomic mass is 10.3. The van der Waals surface area contributed by atoms with Crippen molar-refractivity contribution < 1.29 is 4.57 Å². The van der Waals surface area contributed by atoms with Crippen molar-refractivity contribution in [2.24, 2.45) is 0 Å². The molecule has 3 nitrogen and oxygen atoms in total. The molecule has 0 amide bonds. The number of hydrogen-bond acceptors (Lipinski definition) is 2. The predicted octanol–water partition coefficient (Wildman–Crippen LogP) is 3.27. The zero-order valence-electron chi connectivity index (χ0n) is 10.9. The SMILES string of the molecule is CP(C)(=O)c1c2ccccc2nn1-c1ccccc1. The van der Waals surface area contributed by atoms with Crippen molar-refractivity contribution in [2.45, 2.75) is 0 Å². The van der Waals surface area contributed by atoms with Gasteiger partial charge in [0.25, 0.3) is 0 Å². The molecular formula is C15H15N2OP. The monoisotopic (exact) mass is 270 g/mol. The van der Waals surface area contributed by atoms with Crippen LogP contribution in [-0.2, 0) is 4.57 Å². The molecule has 0 aliphatic carbocycles. The van der Waals surface area contributed by atoms with Crippen molar-refractivity contribution in [3.8, 4) is 5.69 Å². The Labute approximate surface area is 112 Å². The van der Waals surface area contributed by atoms with Gasteiger partial charge in [0.15, 0.2) is 0 Å². The van der Waals surface area contributed by atoms with Gasteiger partial charge in [-0.2, -0.15) is 5.10 Å². The fourth-order valence-corrected chi connectivity index (χ4v) is 3.67. The van der Waals surface area contributed by atoms with Gasteiger partial charge in [0.05, 0.1) is 11.2 Å². The van der Waals surface area contributed by atoms with E-state index in [1.165, 1.54) is 0 Å². The number of rotatable bonds is 2. The summed E-state index contributed by atoms with van der Waals surface area (Å²) in [5.74, 6) is 0. The Morgan fingerprint density at radius 2 is 1.58 bits per heavy atom. The number of para-hydroxylation sites is 1. The Hall–Kier alpha value is -1.86. The molecule has 0 saturated carbocycles. The molecule has 0 fully saturated rings. The van der Waals surface area contributed by atoms with E-state index in [9.17, 15) is 4.57 Å². The second-order valence-electron chi connectivity index (χ2n) is 4.94. The van der Waals surface area contributed by atoms with Gasteiger partial charge in [-0.1, -0.05) is 36.4 Å². The van der Waals surface area contributed by atoms with Crippen LogP contribution < -0.4 is 5.44 Å². The second-order valence-corrected chi connectivity index (χ2v) is 8.06. The van der Waals surface area contributed by atoms with Crippen molar-refractivity contribution in [2.75, 3.05) is 13.3 Å². The largest absolute Gasteiger partial charge is 0.318 e. The molecule has 96 valence electrons. The summed E-state index contributed by atoms with van der Waals surface area (Å²) in [6, 6.07) is 17.7. The van der Waals surface area contributed by atoms with Crippen LogP contribution in [0.2, 0.25) is 0 Å². The molecule has 0 N–H and O–H groups in total. The highest BCUT2D eigenvalue weighted by Gasteiger charge is 2.22. The highest BCUT2D eigenvalue weighted by atomic mass is 31.2. The normalized spacial score (nSPS) is 11.9. The van der Waals surface area contributed by atoms with Crippen LogP contribution in [0.3, 0.4) is 0 Å². The fraction of sp³-hybridized carbons (Fsp3) is 0.133. The maximum Gasteiger partial charge on any atom is 0.128 e. The lowest BCUT2D eigenvalue weighted by molar-refractivity contribution is 0.587. The van der Waals surface area contributed by atoms with Crippen molar-refractivity contribution >= 4 is 23.5 Å². The number of fused-ring (bicyclic) bond motifs is 1. The van der Waals surface area contributed by atoms with Gasteiger partial charge in [0, 0.05) is 5.39 Å². The molecule has 19 heavy (non-hydrogen) atoms. The Morgan fingerprint density at radius 3 is 2.26 bits per heavy atom. The van der Waals surface area contributed by atoms with E-state index < -0.39 is 7.14 Å². The van der Waals surface area contributed by atoms with Gasteiger partial charge in [-0.25, -0.2) is 4.68 Å². The second kappa shape index (κ2) is 4.36. The molecule has 0 bridgehead atoms. The smallest absolute Gasteiger partial charge is 0.128 e. The number of hydrogen-bond donors (Lipinski definition) is 0. The van der Waals surface area contributed by atoms with Gasteiger partial charge in [-0.3, -0.25) is 0 Å². The first-order valence-electron chi connectivity index (χ1n) is 6.16. The molecule has 0 aliphatic heterocycles. The van der Waals surface area contributed by atoms with E-state index in [0.717, 1.165) is 22.0 Å². The van der Waals surface area contributed by atoms with Crippen LogP contribution in [0.15, 0.2) is 54.6 Å². The van der Waals surface area contributed by atoms with E-state index in [1.807, 2.05) is 59.3 Å². The third kappa shape index (κ3) is 2.11. The maximum absolute atomic E-state index is 12.6. The van der Waals surface area contributed by atoms with Crippen molar-refractivity contribution in [1.82, 2.24) is 9.78 Å². The summed E-state index contributed by atoms with van der Waals surface area (Å²) in [4.78, 5) is 0. The van der Waals surface area contributed by atoms with E-state index in [2.05, 4.69) is 5.10 Å². The minimum atomic E-state index is -2.42. The fourth-order valence-electron chi connectivity index (χ4n) is 2.29. The Kier molecular flexibility index (Phi) is 2.79. The van der Waals surface area contributed by atoms with Crippen molar-refractivity contribution in [1.29, 1.82) is 0 Å². The van der Waals surface area contributed by atoms with Gasteiger partial charge in [0.1, 0.15) is 12.6 Å². The first-order chi connectivity index (χ1) is 9.07. The lowest BCUT2D eigenvalue weighted by Crippen LogP contribution is -2.16. The Balaban J connectivity index is 2.39. The average molecular weight is 270 g/mol. The molecule has 3 aromatic rings. The minimum Gasteiger partial charge on any atom is -0.318 e. The highest BCUT2D eigenvalue weighted by Crippen LogP contribution is 2.38. The zero-order chi connectivity index (χ0) is 13.5. The molecule has 2 aromatic carbocycles. The molecule has 0 spiro atoms. The molecular weight excluding hydrogens is 255 g/mol. The summed E-state index contributed by atoms with van der Waals surface area (Å²) in [5, 5.41) is 5.57. The Bertz CT molecular complexity index is 771. The highest BCUT2D eigenvalue weighted by molar-refractivity contribution is 7.70. The van der Waals surface area contributed by atoms with Crippen LogP contribution in [0.25, 0.3) is 16.6 Å². The van der Waals surface area contributed by atoms with Gasteiger partial charge in [-0.05, 0) is 31.5 Å². The third-order valence-corrected chi connectivity index (χ3v) is 4.51. The average Bonchev–Trinajstić information content (AvgIpc) is 2.79. The summed E-state index contributed by atoms with van der Waals surface area (Å²) in [7, 11) is -2.42. The summed E-state index contributed by atoms with van der Waals surface area (Å²) in [6.45, 7) is 3.58. The first-order valence-corrected chi connectivity index (χ1v) is 8.76. The molecule has 0 aliphatic rings. The van der Waals surface area contributed by atoms with E-state index in [1.54, 1.807) is 13.3 Å². The molecule has 3 rings (SSSR count). The van der Waals surface area contributed by atoms with E-state index >= 15 is 0 Å². The lowest BCUT2D eigenvalue weighted by Gasteiger charge is -2.11. The number of nitrogens with zero attached hydrogens (tertiary/aromatic N) is 2. The number of aromatic nitrogens is 2. The molecule has 0 unspecified atom stereocenters. The van der Waals surface area contributed by atoms with E-state index in [-0.39, 0.29) is 0 Å². The first kappa shape index (κ1) is 12.2. The summed E-state index contributed by atoms with van der Waals surface area (Å²) in [6.07, 6.45) is 0. The molecule has 1 aromatic heterocycles. The number of benzene rings is 2. The van der Waals surface area contributed by atoms with Crippen LogP contribution in [0.5, 0.6) is 0 Å². The van der Waals surface area contributed by atoms with Crippen molar-refractivity contribution in [3.05, 3.63) is 54.6 Å². The van der Waals surface area contributed by atoms with Crippen LogP contribution in [0.4, 0.5) is 0 Å². The third-order valence-electron chi connectivity index (χ3n) is 3.06. The quantitative estimate of drug-likeness (QED) is 0.670. The Morgan fingerprint density at radius 1 is 0.947 bits per heavy atom. The minimum absolute atomic E-state index is 0.814. The van der Waals surface area contributed by atoms with Gasteiger partial charge >= 0.3 is 0 Å². The summed E-state index contributed by atoms with van der Waals surface area (Å²) >= 11 is 0. The van der Waals surface area contributed by atoms with Crippen LogP contribution in [-0.4, -0.2) is 23.1 Å². The zero-order valence-corrected chi connectivity index (χ0v) is 11.8. The van der Waals surface area contributed by atoms with Gasteiger partial charge in [0.2, 0.25) is 0 Å². The molecule has 0 radical (unpaired) electrons. The summed E-state index contributed by atoms with van der Waals surface area (Å²) in [5.41, 5.74) is 2.64. The molecule has 4 heteroatoms. The van der Waals surface area contributed by atoms with Crippen molar-refractivity contribution in [3.63, 3.8) is 0 Å². The molecule has 0 atom stereocenters. The van der Waals surface area contributed by atoms with Crippen LogP contribution >= 0.6 is 7.14 Å². The van der Waals surface area contributed by atoms with E-state index in [4.69, 9.17) is 0 Å².